The van der Waals surface area contributed by atoms with Crippen LogP contribution in [0.15, 0.2) is 23.4 Å². The normalized spacial score (nSPS) is 17.4. The molecular weight excluding hydrogens is 458 g/mol. The first-order valence-corrected chi connectivity index (χ1v) is 12.9. The zero-order valence-electron chi connectivity index (χ0n) is 18.0. The van der Waals surface area contributed by atoms with E-state index in [0.29, 0.717) is 19.2 Å². The molecule has 6 N–H and O–H groups in total. The van der Waals surface area contributed by atoms with E-state index in [0.717, 1.165) is 43.2 Å². The molecule has 0 spiro atoms. The lowest BCUT2D eigenvalue weighted by atomic mass is 9.63. The molecule has 178 valence electrons. The summed E-state index contributed by atoms with van der Waals surface area (Å²) in [6, 6.07) is 1.37. The largest absolute Gasteiger partial charge is 0.382 e. The number of nitrogens with two attached hydrogens (primary N) is 2. The van der Waals surface area contributed by atoms with Crippen LogP contribution in [0.3, 0.4) is 0 Å². The molecule has 1 aliphatic rings. The van der Waals surface area contributed by atoms with Gasteiger partial charge in [-0.2, -0.15) is 4.37 Å². The maximum Gasteiger partial charge on any atom is 0.266 e. The number of hydrogen-bond acceptors (Lipinski definition) is 8. The van der Waals surface area contributed by atoms with E-state index in [-0.39, 0.29) is 28.2 Å². The van der Waals surface area contributed by atoms with Crippen molar-refractivity contribution < 1.29 is 17.2 Å². The van der Waals surface area contributed by atoms with Crippen LogP contribution in [-0.4, -0.2) is 36.9 Å². The second-order valence-electron chi connectivity index (χ2n) is 8.55. The molecule has 0 saturated heterocycles. The summed E-state index contributed by atoms with van der Waals surface area (Å²) in [7, 11) is -4.34. The Morgan fingerprint density at radius 3 is 2.56 bits per heavy atom. The van der Waals surface area contributed by atoms with Crippen LogP contribution in [-0.2, 0) is 10.0 Å². The summed E-state index contributed by atoms with van der Waals surface area (Å²) in [5.74, 6) is -1.89. The van der Waals surface area contributed by atoms with Crippen molar-refractivity contribution >= 4 is 32.4 Å². The van der Waals surface area contributed by atoms with E-state index in [1.165, 1.54) is 19.3 Å². The van der Waals surface area contributed by atoms with Crippen LogP contribution in [0.5, 0.6) is 0 Å². The van der Waals surface area contributed by atoms with E-state index in [4.69, 9.17) is 11.5 Å². The van der Waals surface area contributed by atoms with Crippen molar-refractivity contribution in [2.24, 2.45) is 22.8 Å². The summed E-state index contributed by atoms with van der Waals surface area (Å²) in [5, 5.41) is 2.87. The van der Waals surface area contributed by atoms with E-state index in [1.54, 1.807) is 0 Å². The van der Waals surface area contributed by atoms with Crippen molar-refractivity contribution in [2.45, 2.75) is 56.4 Å². The number of nitrogens with zero attached hydrogens (tertiary/aromatic N) is 2. The predicted molar refractivity (Wildman–Crippen MR) is 122 cm³/mol. The summed E-state index contributed by atoms with van der Waals surface area (Å²) < 4.78 is 59.7. The first-order chi connectivity index (χ1) is 15.2. The van der Waals surface area contributed by atoms with E-state index >= 15 is 0 Å². The van der Waals surface area contributed by atoms with Crippen molar-refractivity contribution in [3.05, 3.63) is 30.1 Å². The molecule has 0 aliphatic heterocycles. The second kappa shape index (κ2) is 10.4. The Morgan fingerprint density at radius 2 is 2.00 bits per heavy atom. The highest BCUT2D eigenvalue weighted by Crippen LogP contribution is 2.48. The van der Waals surface area contributed by atoms with Gasteiger partial charge >= 0.3 is 0 Å². The standard InChI is InChI=1S/C20H30F2N6O2S2/c1-13(24)14(3-6-20(7-8-23)4-2-5-20)11-25-17-9-16(22)18(10-15(17)21)32(29,30)28-19-26-12-27-31-19/h9-10,12-14,25H,2-8,11,23-24H2,1H3,(H,26,27,28)/t13-,14-/m1/s1. The van der Waals surface area contributed by atoms with Crippen molar-refractivity contribution in [1.82, 2.24) is 9.36 Å². The summed E-state index contributed by atoms with van der Waals surface area (Å²) in [6.07, 6.45) is 7.57. The first-order valence-electron chi connectivity index (χ1n) is 10.6. The van der Waals surface area contributed by atoms with Crippen LogP contribution in [0, 0.1) is 23.0 Å². The molecule has 1 aliphatic carbocycles. The van der Waals surface area contributed by atoms with Crippen LogP contribution < -0.4 is 21.5 Å². The van der Waals surface area contributed by atoms with Gasteiger partial charge in [0.1, 0.15) is 22.9 Å². The van der Waals surface area contributed by atoms with Gasteiger partial charge in [-0.1, -0.05) is 6.42 Å². The minimum Gasteiger partial charge on any atom is -0.382 e. The molecule has 0 bridgehead atoms. The summed E-state index contributed by atoms with van der Waals surface area (Å²) in [6.45, 7) is 2.91. The maximum absolute atomic E-state index is 14.6. The highest BCUT2D eigenvalue weighted by atomic mass is 32.2. The number of aromatic nitrogens is 2. The third-order valence-electron chi connectivity index (χ3n) is 6.33. The highest BCUT2D eigenvalue weighted by Gasteiger charge is 2.36. The smallest absolute Gasteiger partial charge is 0.266 e. The minimum atomic E-state index is -4.34. The van der Waals surface area contributed by atoms with Gasteiger partial charge in [0, 0.05) is 30.2 Å². The van der Waals surface area contributed by atoms with Gasteiger partial charge in [0.15, 0.2) is 0 Å². The van der Waals surface area contributed by atoms with Gasteiger partial charge in [-0.15, -0.1) is 0 Å². The second-order valence-corrected chi connectivity index (χ2v) is 11.0. The molecule has 1 fully saturated rings. The zero-order valence-corrected chi connectivity index (χ0v) is 19.6. The molecular formula is C20H30F2N6O2S2. The number of sulfonamides is 1. The van der Waals surface area contributed by atoms with Crippen molar-refractivity contribution in [1.29, 1.82) is 0 Å². The SMILES string of the molecule is C[C@@H](N)[C@H](CCC1(CCN)CCC1)CNc1cc(F)c(S(=O)(=O)Nc2ncns2)cc1F. The minimum absolute atomic E-state index is 0.0364. The van der Waals surface area contributed by atoms with Gasteiger partial charge in [-0.3, -0.25) is 4.72 Å². The average Bonchev–Trinajstić information content (AvgIpc) is 3.19. The summed E-state index contributed by atoms with van der Waals surface area (Å²) in [5.41, 5.74) is 12.1. The summed E-state index contributed by atoms with van der Waals surface area (Å²) >= 11 is 0.788. The lowest BCUT2D eigenvalue weighted by Crippen LogP contribution is -2.36. The molecule has 0 amide bonds. The molecule has 2 aromatic rings. The van der Waals surface area contributed by atoms with Crippen molar-refractivity contribution in [3.63, 3.8) is 0 Å². The Hall–Kier alpha value is -1.89. The quantitative estimate of drug-likeness (QED) is 0.360. The average molecular weight is 489 g/mol. The van der Waals surface area contributed by atoms with Crippen LogP contribution in [0.4, 0.5) is 19.6 Å². The topological polar surface area (TPSA) is 136 Å². The van der Waals surface area contributed by atoms with Gasteiger partial charge in [-0.05, 0) is 63.0 Å². The molecule has 1 aromatic heterocycles. The third-order valence-corrected chi connectivity index (χ3v) is 8.39. The Morgan fingerprint density at radius 1 is 1.25 bits per heavy atom. The number of halogens is 2. The van der Waals surface area contributed by atoms with E-state index < -0.39 is 26.6 Å². The summed E-state index contributed by atoms with van der Waals surface area (Å²) in [4.78, 5) is 2.89. The molecule has 0 radical (unpaired) electrons. The number of rotatable bonds is 12. The van der Waals surface area contributed by atoms with E-state index in [9.17, 15) is 17.2 Å². The van der Waals surface area contributed by atoms with Crippen LogP contribution in [0.2, 0.25) is 0 Å². The fourth-order valence-corrected chi connectivity index (χ4v) is 5.88. The van der Waals surface area contributed by atoms with E-state index in [1.807, 2.05) is 6.92 Å². The molecule has 8 nitrogen and oxygen atoms in total. The molecule has 1 heterocycles. The molecule has 32 heavy (non-hydrogen) atoms. The molecule has 1 aromatic carbocycles. The van der Waals surface area contributed by atoms with Gasteiger partial charge in [0.2, 0.25) is 5.13 Å². The molecule has 0 unspecified atom stereocenters. The van der Waals surface area contributed by atoms with Gasteiger partial charge in [0.25, 0.3) is 10.0 Å². The van der Waals surface area contributed by atoms with Crippen LogP contribution >= 0.6 is 11.5 Å². The van der Waals surface area contributed by atoms with Crippen molar-refractivity contribution in [2.75, 3.05) is 23.1 Å². The maximum atomic E-state index is 14.6. The van der Waals surface area contributed by atoms with Gasteiger partial charge in [-0.25, -0.2) is 22.2 Å². The third kappa shape index (κ3) is 5.91. The van der Waals surface area contributed by atoms with Crippen LogP contribution in [0.25, 0.3) is 0 Å². The van der Waals surface area contributed by atoms with Gasteiger partial charge < -0.3 is 16.8 Å². The Bertz CT molecular complexity index is 998. The van der Waals surface area contributed by atoms with Crippen LogP contribution in [0.1, 0.15) is 45.4 Å². The Balaban J connectivity index is 1.66. The monoisotopic (exact) mass is 488 g/mol. The zero-order chi connectivity index (χ0) is 23.4. The van der Waals surface area contributed by atoms with Gasteiger partial charge in [0.05, 0.1) is 5.69 Å². The number of anilines is 2. The number of hydrogen-bond donors (Lipinski definition) is 4. The fraction of sp³-hybridized carbons (Fsp3) is 0.600. The molecule has 1 saturated carbocycles. The number of nitrogens with one attached hydrogen (secondary N) is 2. The number of benzene rings is 1. The molecule has 2 atom stereocenters. The lowest BCUT2D eigenvalue weighted by molar-refractivity contribution is 0.0977. The Kier molecular flexibility index (Phi) is 8.01. The highest BCUT2D eigenvalue weighted by molar-refractivity contribution is 7.93. The van der Waals surface area contributed by atoms with E-state index in [2.05, 4.69) is 19.4 Å². The predicted octanol–water partition coefficient (Wildman–Crippen LogP) is 3.29. The Labute approximate surface area is 191 Å². The molecule has 12 heteroatoms. The van der Waals surface area contributed by atoms with Crippen molar-refractivity contribution in [3.8, 4) is 0 Å². The lowest BCUT2D eigenvalue weighted by Gasteiger charge is -2.43. The first kappa shape index (κ1) is 24.7. The fourth-order valence-electron chi connectivity index (χ4n) is 4.15. The molecule has 3 rings (SSSR count).